The molecule has 0 amide bonds. The molecule has 2 aromatic carbocycles. The minimum absolute atomic E-state index is 0.128. The Labute approximate surface area is 136 Å². The number of methoxy groups -OCH3 is 2. The van der Waals surface area contributed by atoms with Gasteiger partial charge in [0.1, 0.15) is 5.75 Å². The van der Waals surface area contributed by atoms with Gasteiger partial charge in [0.25, 0.3) is 0 Å². The number of hydrogen-bond acceptors (Lipinski definition) is 5. The van der Waals surface area contributed by atoms with Crippen LogP contribution in [0.1, 0.15) is 23.7 Å². The lowest BCUT2D eigenvalue weighted by molar-refractivity contribution is 0.0787. The Morgan fingerprint density at radius 3 is 2.35 bits per heavy atom. The van der Waals surface area contributed by atoms with Gasteiger partial charge in [-0.15, -0.1) is 0 Å². The second kappa shape index (κ2) is 7.54. The molecule has 0 radical (unpaired) electrons. The number of rotatable bonds is 7. The quantitative estimate of drug-likeness (QED) is 0.627. The standard InChI is InChI=1S/C18H21NO4/c1-4-14(23-15-8-6-5-7-13(15)19)18(20)12-9-10-16(21-2)17(11-12)22-3/h5-11,14H,4,19H2,1-3H3. The smallest absolute Gasteiger partial charge is 0.203 e. The highest BCUT2D eigenvalue weighted by atomic mass is 16.5. The summed E-state index contributed by atoms with van der Waals surface area (Å²) in [7, 11) is 3.08. The van der Waals surface area contributed by atoms with Gasteiger partial charge in [0.15, 0.2) is 17.6 Å². The van der Waals surface area contributed by atoms with Gasteiger partial charge in [0.2, 0.25) is 5.78 Å². The molecule has 23 heavy (non-hydrogen) atoms. The number of hydrogen-bond donors (Lipinski definition) is 1. The molecule has 0 saturated carbocycles. The zero-order valence-corrected chi connectivity index (χ0v) is 13.5. The molecule has 0 aromatic heterocycles. The van der Waals surface area contributed by atoms with Crippen molar-refractivity contribution >= 4 is 11.5 Å². The van der Waals surface area contributed by atoms with E-state index in [1.807, 2.05) is 19.1 Å². The fourth-order valence-corrected chi connectivity index (χ4v) is 2.24. The van der Waals surface area contributed by atoms with E-state index in [-0.39, 0.29) is 5.78 Å². The van der Waals surface area contributed by atoms with E-state index in [0.717, 1.165) is 0 Å². The number of carbonyl (C=O) groups excluding carboxylic acids is 1. The lowest BCUT2D eigenvalue weighted by atomic mass is 10.0. The molecule has 0 saturated heterocycles. The van der Waals surface area contributed by atoms with E-state index in [0.29, 0.717) is 34.9 Å². The summed E-state index contributed by atoms with van der Waals surface area (Å²) in [5, 5.41) is 0. The first-order valence-electron chi connectivity index (χ1n) is 7.38. The lowest BCUT2D eigenvalue weighted by Crippen LogP contribution is -2.27. The summed E-state index contributed by atoms with van der Waals surface area (Å²) < 4.78 is 16.2. The van der Waals surface area contributed by atoms with Gasteiger partial charge in [-0.2, -0.15) is 0 Å². The maximum absolute atomic E-state index is 12.7. The Kier molecular flexibility index (Phi) is 5.46. The summed E-state index contributed by atoms with van der Waals surface area (Å²) in [6.45, 7) is 1.89. The number of anilines is 1. The van der Waals surface area contributed by atoms with Crippen LogP contribution in [0, 0.1) is 0 Å². The summed E-state index contributed by atoms with van der Waals surface area (Å²) in [4.78, 5) is 12.7. The van der Waals surface area contributed by atoms with Crippen LogP contribution in [0.3, 0.4) is 0 Å². The molecule has 5 heteroatoms. The lowest BCUT2D eigenvalue weighted by Gasteiger charge is -2.18. The molecule has 5 nitrogen and oxygen atoms in total. The van der Waals surface area contributed by atoms with Gasteiger partial charge in [-0.1, -0.05) is 19.1 Å². The van der Waals surface area contributed by atoms with Gasteiger partial charge >= 0.3 is 0 Å². The van der Waals surface area contributed by atoms with Crippen molar-refractivity contribution in [3.05, 3.63) is 48.0 Å². The van der Waals surface area contributed by atoms with Gasteiger partial charge in [0, 0.05) is 5.56 Å². The fourth-order valence-electron chi connectivity index (χ4n) is 2.24. The number of nitrogens with two attached hydrogens (primary N) is 1. The molecule has 0 aliphatic rings. The number of ether oxygens (including phenoxy) is 3. The molecule has 122 valence electrons. The van der Waals surface area contributed by atoms with Crippen molar-refractivity contribution in [2.45, 2.75) is 19.4 Å². The minimum atomic E-state index is -0.613. The first-order chi connectivity index (χ1) is 11.1. The summed E-state index contributed by atoms with van der Waals surface area (Å²) >= 11 is 0. The van der Waals surface area contributed by atoms with Gasteiger partial charge in [-0.3, -0.25) is 4.79 Å². The van der Waals surface area contributed by atoms with Gasteiger partial charge < -0.3 is 19.9 Å². The van der Waals surface area contributed by atoms with Crippen LogP contribution in [0.2, 0.25) is 0 Å². The summed E-state index contributed by atoms with van der Waals surface area (Å²) in [5.74, 6) is 1.46. The summed E-state index contributed by atoms with van der Waals surface area (Å²) in [6, 6.07) is 12.2. The van der Waals surface area contributed by atoms with Gasteiger partial charge in [-0.25, -0.2) is 0 Å². The predicted molar refractivity (Wildman–Crippen MR) is 89.4 cm³/mol. The highest BCUT2D eigenvalue weighted by molar-refractivity contribution is 6.00. The van der Waals surface area contributed by atoms with Crippen LogP contribution in [0.25, 0.3) is 0 Å². The zero-order chi connectivity index (χ0) is 16.8. The van der Waals surface area contributed by atoms with Crippen LogP contribution < -0.4 is 19.9 Å². The van der Waals surface area contributed by atoms with Crippen LogP contribution >= 0.6 is 0 Å². The normalized spacial score (nSPS) is 11.6. The molecule has 1 unspecified atom stereocenters. The monoisotopic (exact) mass is 315 g/mol. The zero-order valence-electron chi connectivity index (χ0n) is 13.5. The van der Waals surface area contributed by atoms with E-state index in [1.54, 1.807) is 37.4 Å². The predicted octanol–water partition coefficient (Wildman–Crippen LogP) is 3.33. The van der Waals surface area contributed by atoms with E-state index in [2.05, 4.69) is 0 Å². The van der Waals surface area contributed by atoms with E-state index in [9.17, 15) is 4.79 Å². The molecule has 2 rings (SSSR count). The van der Waals surface area contributed by atoms with E-state index >= 15 is 0 Å². The van der Waals surface area contributed by atoms with Crippen LogP contribution in [-0.4, -0.2) is 26.1 Å². The van der Waals surface area contributed by atoms with Gasteiger partial charge in [0.05, 0.1) is 19.9 Å². The third kappa shape index (κ3) is 3.74. The number of Topliss-reactive ketones (excluding diaryl/α,β-unsaturated/α-hetero) is 1. The van der Waals surface area contributed by atoms with E-state index in [1.165, 1.54) is 7.11 Å². The summed E-state index contributed by atoms with van der Waals surface area (Å²) in [5.41, 5.74) is 6.88. The number of carbonyl (C=O) groups is 1. The minimum Gasteiger partial charge on any atom is -0.493 e. The first kappa shape index (κ1) is 16.7. The van der Waals surface area contributed by atoms with Crippen molar-refractivity contribution < 1.29 is 19.0 Å². The Morgan fingerprint density at radius 2 is 1.74 bits per heavy atom. The van der Waals surface area contributed by atoms with E-state index < -0.39 is 6.10 Å². The molecular weight excluding hydrogens is 294 g/mol. The third-order valence-electron chi connectivity index (χ3n) is 3.52. The number of para-hydroxylation sites is 2. The largest absolute Gasteiger partial charge is 0.493 e. The molecule has 0 aliphatic carbocycles. The average molecular weight is 315 g/mol. The molecule has 1 atom stereocenters. The number of nitrogen functional groups attached to an aromatic ring is 1. The Bertz CT molecular complexity index is 684. The van der Waals surface area contributed by atoms with Crippen molar-refractivity contribution in [1.82, 2.24) is 0 Å². The van der Waals surface area contributed by atoms with Crippen molar-refractivity contribution in [3.63, 3.8) is 0 Å². The van der Waals surface area contributed by atoms with Crippen molar-refractivity contribution in [2.75, 3.05) is 20.0 Å². The van der Waals surface area contributed by atoms with E-state index in [4.69, 9.17) is 19.9 Å². The molecule has 0 heterocycles. The van der Waals surface area contributed by atoms with Gasteiger partial charge in [-0.05, 0) is 36.8 Å². The Hall–Kier alpha value is -2.69. The number of ketones is 1. The molecular formula is C18H21NO4. The highest BCUT2D eigenvalue weighted by Gasteiger charge is 2.22. The Balaban J connectivity index is 2.24. The maximum atomic E-state index is 12.7. The van der Waals surface area contributed by atoms with Crippen LogP contribution in [0.15, 0.2) is 42.5 Å². The summed E-state index contributed by atoms with van der Waals surface area (Å²) in [6.07, 6.45) is -0.0839. The molecule has 2 N–H and O–H groups in total. The molecule has 0 bridgehead atoms. The van der Waals surface area contributed by atoms with Crippen LogP contribution in [0.5, 0.6) is 17.2 Å². The molecule has 0 fully saturated rings. The third-order valence-corrected chi connectivity index (χ3v) is 3.52. The number of benzene rings is 2. The van der Waals surface area contributed by atoms with Crippen LogP contribution in [0.4, 0.5) is 5.69 Å². The SMILES string of the molecule is CCC(Oc1ccccc1N)C(=O)c1ccc(OC)c(OC)c1. The molecule has 0 spiro atoms. The molecule has 0 aliphatic heterocycles. The fraction of sp³-hybridized carbons (Fsp3) is 0.278. The van der Waals surface area contributed by atoms with Crippen molar-refractivity contribution in [1.29, 1.82) is 0 Å². The topological polar surface area (TPSA) is 70.8 Å². The molecule has 2 aromatic rings. The second-order valence-electron chi connectivity index (χ2n) is 4.99. The van der Waals surface area contributed by atoms with Crippen LogP contribution in [-0.2, 0) is 0 Å². The average Bonchev–Trinajstić information content (AvgIpc) is 2.59. The highest BCUT2D eigenvalue weighted by Crippen LogP contribution is 2.29. The maximum Gasteiger partial charge on any atom is 0.203 e. The Morgan fingerprint density at radius 1 is 1.04 bits per heavy atom. The van der Waals surface area contributed by atoms with Crippen molar-refractivity contribution in [2.24, 2.45) is 0 Å². The van der Waals surface area contributed by atoms with Crippen molar-refractivity contribution in [3.8, 4) is 17.2 Å². The second-order valence-corrected chi connectivity index (χ2v) is 4.99. The first-order valence-corrected chi connectivity index (χ1v) is 7.38.